The van der Waals surface area contributed by atoms with Crippen molar-refractivity contribution in [2.75, 3.05) is 23.7 Å². The Bertz CT molecular complexity index is 1190. The fraction of sp³-hybridized carbons (Fsp3) is 0.458. The van der Waals surface area contributed by atoms with Crippen molar-refractivity contribution in [2.45, 2.75) is 51.1 Å². The maximum absolute atomic E-state index is 12.3. The Morgan fingerprint density at radius 2 is 1.97 bits per heavy atom. The van der Waals surface area contributed by atoms with Crippen LogP contribution in [0, 0.1) is 17.2 Å². The number of primary amides is 1. The van der Waals surface area contributed by atoms with Gasteiger partial charge >= 0.3 is 0 Å². The molecule has 1 aliphatic carbocycles. The molecule has 1 saturated heterocycles. The molecule has 4 rings (SSSR count). The average Bonchev–Trinajstić information content (AvgIpc) is 3.57. The van der Waals surface area contributed by atoms with Crippen LogP contribution >= 0.6 is 11.6 Å². The second kappa shape index (κ2) is 10.1. The smallest absolute Gasteiger partial charge is 0.254 e. The number of halogens is 1. The molecule has 1 aromatic heterocycles. The lowest BCUT2D eigenvalue weighted by Gasteiger charge is -2.40. The zero-order valence-corrected chi connectivity index (χ0v) is 20.3. The second-order valence-electron chi connectivity index (χ2n) is 9.29. The molecule has 4 N–H and O–H groups in total. The number of nitriles is 1. The van der Waals surface area contributed by atoms with Crippen LogP contribution in [0.1, 0.15) is 54.9 Å². The maximum Gasteiger partial charge on any atom is 0.254 e. The van der Waals surface area contributed by atoms with Crippen molar-refractivity contribution in [3.05, 3.63) is 40.5 Å². The number of carbonyl (C=O) groups excluding carboxylic acids is 3. The standard InChI is InChI=1S/C24H28ClN7O3/c1-15(33)28-20-12-16(2-5-19(20)25)13-31-10-7-24(6-9-26,8-11-31)32-14-18(21(27)34)22(30-32)29-23(35)17-3-4-17/h2,5,12,14,17H,3-4,6-8,10-11,13H2,1H3,(H2,27,34)(H,28,33)(H,29,30,35). The average molecular weight is 498 g/mol. The highest BCUT2D eigenvalue weighted by Gasteiger charge is 2.39. The van der Waals surface area contributed by atoms with E-state index in [4.69, 9.17) is 17.3 Å². The van der Waals surface area contributed by atoms with E-state index in [0.29, 0.717) is 43.2 Å². The molecule has 1 saturated carbocycles. The quantitative estimate of drug-likeness (QED) is 0.511. The number of anilines is 2. The maximum atomic E-state index is 12.3. The minimum atomic E-state index is -0.676. The van der Waals surface area contributed by atoms with Gasteiger partial charge in [-0.15, -0.1) is 0 Å². The van der Waals surface area contributed by atoms with Gasteiger partial charge in [-0.05, 0) is 43.4 Å². The first-order chi connectivity index (χ1) is 16.7. The fourth-order valence-electron chi connectivity index (χ4n) is 4.43. The number of piperidine rings is 1. The minimum Gasteiger partial charge on any atom is -0.365 e. The van der Waals surface area contributed by atoms with E-state index < -0.39 is 11.4 Å². The number of nitrogens with two attached hydrogens (primary N) is 1. The van der Waals surface area contributed by atoms with E-state index in [9.17, 15) is 19.6 Å². The molecule has 2 aromatic rings. The van der Waals surface area contributed by atoms with E-state index in [0.717, 1.165) is 18.4 Å². The van der Waals surface area contributed by atoms with Crippen molar-refractivity contribution in [1.29, 1.82) is 5.26 Å². The van der Waals surface area contributed by atoms with Crippen LogP contribution in [0.15, 0.2) is 24.4 Å². The summed E-state index contributed by atoms with van der Waals surface area (Å²) in [5.41, 5.74) is 6.66. The van der Waals surface area contributed by atoms with Crippen molar-refractivity contribution in [2.24, 2.45) is 11.7 Å². The Labute approximate surface area is 208 Å². The van der Waals surface area contributed by atoms with E-state index >= 15 is 0 Å². The molecular weight excluding hydrogens is 470 g/mol. The van der Waals surface area contributed by atoms with Gasteiger partial charge in [0.2, 0.25) is 11.8 Å². The first kappa shape index (κ1) is 24.7. The highest BCUT2D eigenvalue weighted by molar-refractivity contribution is 6.33. The fourth-order valence-corrected chi connectivity index (χ4v) is 4.59. The Balaban J connectivity index is 1.49. The van der Waals surface area contributed by atoms with Crippen LogP contribution in [0.4, 0.5) is 11.5 Å². The van der Waals surface area contributed by atoms with Gasteiger partial charge in [0.1, 0.15) is 5.56 Å². The number of hydrogen-bond donors (Lipinski definition) is 3. The number of benzene rings is 1. The third-order valence-electron chi connectivity index (χ3n) is 6.60. The number of amides is 3. The lowest BCUT2D eigenvalue weighted by molar-refractivity contribution is -0.117. The summed E-state index contributed by atoms with van der Waals surface area (Å²) in [5.74, 6) is -0.921. The molecule has 11 heteroatoms. The van der Waals surface area contributed by atoms with Crippen molar-refractivity contribution < 1.29 is 14.4 Å². The summed E-state index contributed by atoms with van der Waals surface area (Å²) in [7, 11) is 0. The van der Waals surface area contributed by atoms with Gasteiger partial charge in [0.25, 0.3) is 5.91 Å². The number of nitrogens with zero attached hydrogens (tertiary/aromatic N) is 4. The first-order valence-corrected chi connectivity index (χ1v) is 11.9. The van der Waals surface area contributed by atoms with Crippen LogP contribution in [0.5, 0.6) is 0 Å². The lowest BCUT2D eigenvalue weighted by Crippen LogP contribution is -2.46. The predicted octanol–water partition coefficient (Wildman–Crippen LogP) is 2.85. The van der Waals surface area contributed by atoms with Crippen molar-refractivity contribution >= 4 is 40.8 Å². The zero-order valence-electron chi connectivity index (χ0n) is 19.5. The summed E-state index contributed by atoms with van der Waals surface area (Å²) in [6.07, 6.45) is 4.67. The molecule has 0 unspecified atom stereocenters. The molecule has 0 spiro atoms. The molecule has 1 aromatic carbocycles. The van der Waals surface area contributed by atoms with Gasteiger partial charge in [0.15, 0.2) is 5.82 Å². The Kier molecular flexibility index (Phi) is 7.10. The van der Waals surface area contributed by atoms with Crippen LogP contribution < -0.4 is 16.4 Å². The molecule has 2 fully saturated rings. The van der Waals surface area contributed by atoms with E-state index in [1.807, 2.05) is 12.1 Å². The topological polar surface area (TPSA) is 146 Å². The van der Waals surface area contributed by atoms with Gasteiger partial charge < -0.3 is 16.4 Å². The highest BCUT2D eigenvalue weighted by Crippen LogP contribution is 2.36. The van der Waals surface area contributed by atoms with E-state index in [-0.39, 0.29) is 35.5 Å². The number of rotatable bonds is 8. The molecule has 2 heterocycles. The van der Waals surface area contributed by atoms with Crippen LogP contribution in [0.2, 0.25) is 5.02 Å². The van der Waals surface area contributed by atoms with Crippen molar-refractivity contribution in [3.8, 4) is 6.07 Å². The molecule has 184 valence electrons. The van der Waals surface area contributed by atoms with E-state index in [1.165, 1.54) is 6.92 Å². The number of hydrogen-bond acceptors (Lipinski definition) is 6. The lowest BCUT2D eigenvalue weighted by atomic mass is 9.84. The Hall–Kier alpha value is -3.42. The summed E-state index contributed by atoms with van der Waals surface area (Å²) >= 11 is 6.18. The third kappa shape index (κ3) is 5.63. The number of aromatic nitrogens is 2. The van der Waals surface area contributed by atoms with Crippen molar-refractivity contribution in [1.82, 2.24) is 14.7 Å². The summed E-state index contributed by atoms with van der Waals surface area (Å²) in [5, 5.41) is 20.0. The summed E-state index contributed by atoms with van der Waals surface area (Å²) in [4.78, 5) is 38.0. The summed E-state index contributed by atoms with van der Waals surface area (Å²) < 4.78 is 1.65. The Morgan fingerprint density at radius 1 is 1.26 bits per heavy atom. The van der Waals surface area contributed by atoms with Gasteiger partial charge in [-0.2, -0.15) is 10.4 Å². The van der Waals surface area contributed by atoms with Crippen LogP contribution in [0.3, 0.4) is 0 Å². The molecule has 0 bridgehead atoms. The van der Waals surface area contributed by atoms with Crippen LogP contribution in [-0.4, -0.2) is 45.5 Å². The third-order valence-corrected chi connectivity index (χ3v) is 6.93. The summed E-state index contributed by atoms with van der Waals surface area (Å²) in [6.45, 7) is 3.47. The van der Waals surface area contributed by atoms with Crippen LogP contribution in [-0.2, 0) is 21.7 Å². The van der Waals surface area contributed by atoms with Crippen LogP contribution in [0.25, 0.3) is 0 Å². The molecular formula is C24H28ClN7O3. The monoisotopic (exact) mass is 497 g/mol. The normalized spacial score (nSPS) is 17.4. The summed E-state index contributed by atoms with van der Waals surface area (Å²) in [6, 6.07) is 7.81. The minimum absolute atomic E-state index is 0.0452. The Morgan fingerprint density at radius 3 is 2.57 bits per heavy atom. The predicted molar refractivity (Wildman–Crippen MR) is 131 cm³/mol. The van der Waals surface area contributed by atoms with E-state index in [1.54, 1.807) is 16.9 Å². The van der Waals surface area contributed by atoms with E-state index in [2.05, 4.69) is 26.7 Å². The zero-order chi connectivity index (χ0) is 25.2. The largest absolute Gasteiger partial charge is 0.365 e. The van der Waals surface area contributed by atoms with Gasteiger partial charge in [-0.3, -0.25) is 24.0 Å². The molecule has 2 aliphatic rings. The molecule has 35 heavy (non-hydrogen) atoms. The first-order valence-electron chi connectivity index (χ1n) is 11.6. The highest BCUT2D eigenvalue weighted by atomic mass is 35.5. The van der Waals surface area contributed by atoms with Gasteiger partial charge in [-0.25, -0.2) is 0 Å². The molecule has 0 radical (unpaired) electrons. The number of carbonyl (C=O) groups is 3. The van der Waals surface area contributed by atoms with Gasteiger partial charge in [-0.1, -0.05) is 17.7 Å². The molecule has 1 aliphatic heterocycles. The molecule has 10 nitrogen and oxygen atoms in total. The SMILES string of the molecule is CC(=O)Nc1cc(CN2CCC(CC#N)(n3cc(C(N)=O)c(NC(=O)C4CC4)n3)CC2)ccc1Cl. The number of likely N-dealkylation sites (tertiary alicyclic amines) is 1. The second-order valence-corrected chi connectivity index (χ2v) is 9.70. The van der Waals surface area contributed by atoms with Crippen molar-refractivity contribution in [3.63, 3.8) is 0 Å². The number of nitrogens with one attached hydrogen (secondary N) is 2. The molecule has 3 amide bonds. The molecule has 0 atom stereocenters. The van der Waals surface area contributed by atoms with Gasteiger partial charge in [0.05, 0.1) is 28.7 Å². The van der Waals surface area contributed by atoms with Gasteiger partial charge in [0, 0.05) is 38.7 Å².